The van der Waals surface area contributed by atoms with Crippen molar-refractivity contribution in [1.29, 1.82) is 0 Å². The number of nitrogens with one attached hydrogen (secondary N) is 2. The number of nitrogens with zero attached hydrogens (tertiary/aromatic N) is 1. The van der Waals surface area contributed by atoms with Crippen molar-refractivity contribution in [2.75, 3.05) is 6.54 Å². The smallest absolute Gasteiger partial charge is 0.408 e. The summed E-state index contributed by atoms with van der Waals surface area (Å²) in [5.41, 5.74) is 1.18. The minimum absolute atomic E-state index is 0.239. The molecule has 2 heterocycles. The second-order valence-electron chi connectivity index (χ2n) is 5.26. The number of pyridine rings is 1. The van der Waals surface area contributed by atoms with Gasteiger partial charge in [-0.3, -0.25) is 0 Å². The number of ether oxygens (including phenoxy) is 1. The molecule has 0 fully saturated rings. The normalized spacial score (nSPS) is 10.8. The lowest BCUT2D eigenvalue weighted by Gasteiger charge is -2.18. The van der Waals surface area contributed by atoms with E-state index in [-0.39, 0.29) is 6.54 Å². The highest BCUT2D eigenvalue weighted by atomic mass is 16.6. The van der Waals surface area contributed by atoms with Crippen molar-refractivity contribution >= 4 is 17.1 Å². The van der Waals surface area contributed by atoms with Gasteiger partial charge in [-0.2, -0.15) is 0 Å². The number of amides is 1. The summed E-state index contributed by atoms with van der Waals surface area (Å²) < 4.78 is 5.12. The van der Waals surface area contributed by atoms with E-state index in [1.165, 1.54) is 0 Å². The molecule has 1 amide bonds. The van der Waals surface area contributed by atoms with Crippen LogP contribution in [0.15, 0.2) is 24.5 Å². The highest BCUT2D eigenvalue weighted by molar-refractivity contribution is 5.82. The predicted octanol–water partition coefficient (Wildman–Crippen LogP) is 2.44. The van der Waals surface area contributed by atoms with Crippen LogP contribution in [0.1, 0.15) is 26.3 Å². The van der Waals surface area contributed by atoms with E-state index in [0.717, 1.165) is 16.6 Å². The van der Waals surface area contributed by atoms with Gasteiger partial charge in [0.15, 0.2) is 0 Å². The second kappa shape index (κ2) is 5.66. The molecule has 0 atom stereocenters. The number of alkyl carbamates (subject to hydrolysis) is 1. The molecule has 2 aromatic heterocycles. The van der Waals surface area contributed by atoms with Crippen LogP contribution >= 0.6 is 0 Å². The molecule has 2 rings (SSSR count). The van der Waals surface area contributed by atoms with Gasteiger partial charge in [0.2, 0.25) is 0 Å². The van der Waals surface area contributed by atoms with Crippen LogP contribution in [0.2, 0.25) is 0 Å². The summed E-state index contributed by atoms with van der Waals surface area (Å²) in [6.07, 6.45) is 3.06. The SMILES string of the molecule is CC(C)(C)OC(=O)NCC#Cc1ccnc2[nH]ccc12. The first kappa shape index (κ1) is 13.9. The molecule has 0 aliphatic rings. The van der Waals surface area contributed by atoms with Crippen molar-refractivity contribution in [2.45, 2.75) is 26.4 Å². The first-order valence-electron chi connectivity index (χ1n) is 6.33. The maximum absolute atomic E-state index is 11.4. The largest absolute Gasteiger partial charge is 0.444 e. The number of fused-ring (bicyclic) bond motifs is 1. The fourth-order valence-corrected chi connectivity index (χ4v) is 1.64. The van der Waals surface area contributed by atoms with E-state index in [4.69, 9.17) is 4.74 Å². The van der Waals surface area contributed by atoms with E-state index in [2.05, 4.69) is 27.1 Å². The standard InChI is InChI=1S/C15H17N3O2/c1-15(2,3)20-14(19)18-8-4-5-11-6-9-16-13-12(11)7-10-17-13/h6-7,9-10H,8H2,1-3H3,(H,16,17)(H,18,19). The van der Waals surface area contributed by atoms with E-state index in [0.29, 0.717) is 0 Å². The summed E-state index contributed by atoms with van der Waals surface area (Å²) in [5, 5.41) is 3.56. The Labute approximate surface area is 117 Å². The van der Waals surface area contributed by atoms with Gasteiger partial charge in [0.05, 0.1) is 6.54 Å². The maximum atomic E-state index is 11.4. The number of hydrogen-bond donors (Lipinski definition) is 2. The summed E-state index contributed by atoms with van der Waals surface area (Å²) >= 11 is 0. The van der Waals surface area contributed by atoms with Crippen LogP contribution in [0.25, 0.3) is 11.0 Å². The lowest BCUT2D eigenvalue weighted by Crippen LogP contribution is -2.32. The zero-order valence-corrected chi connectivity index (χ0v) is 11.8. The highest BCUT2D eigenvalue weighted by Gasteiger charge is 2.14. The minimum atomic E-state index is -0.500. The first-order valence-corrected chi connectivity index (χ1v) is 6.33. The van der Waals surface area contributed by atoms with Gasteiger partial charge in [-0.25, -0.2) is 9.78 Å². The Morgan fingerprint density at radius 2 is 2.25 bits per heavy atom. The summed E-state index contributed by atoms with van der Waals surface area (Å²) in [4.78, 5) is 18.6. The first-order chi connectivity index (χ1) is 9.46. The molecule has 0 aliphatic carbocycles. The molecule has 0 bridgehead atoms. The number of rotatable bonds is 1. The molecule has 0 radical (unpaired) electrons. The summed E-state index contributed by atoms with van der Waals surface area (Å²) in [7, 11) is 0. The van der Waals surface area contributed by atoms with E-state index < -0.39 is 11.7 Å². The van der Waals surface area contributed by atoms with Crippen LogP contribution in [0.4, 0.5) is 4.79 Å². The molecule has 5 nitrogen and oxygen atoms in total. The van der Waals surface area contributed by atoms with Crippen LogP contribution in [-0.4, -0.2) is 28.2 Å². The highest BCUT2D eigenvalue weighted by Crippen LogP contribution is 2.13. The van der Waals surface area contributed by atoms with Crippen molar-refractivity contribution in [3.8, 4) is 11.8 Å². The van der Waals surface area contributed by atoms with Crippen LogP contribution < -0.4 is 5.32 Å². The lowest BCUT2D eigenvalue weighted by atomic mass is 10.2. The monoisotopic (exact) mass is 271 g/mol. The molecule has 0 spiro atoms. The number of aromatic nitrogens is 2. The quantitative estimate of drug-likeness (QED) is 0.783. The maximum Gasteiger partial charge on any atom is 0.408 e. The Kier molecular flexibility index (Phi) is 3.94. The van der Waals surface area contributed by atoms with Crippen molar-refractivity contribution in [2.24, 2.45) is 0 Å². The van der Waals surface area contributed by atoms with Crippen molar-refractivity contribution in [1.82, 2.24) is 15.3 Å². The van der Waals surface area contributed by atoms with Crippen LogP contribution in [-0.2, 0) is 4.74 Å². The number of carbonyl (C=O) groups is 1. The summed E-state index contributed by atoms with van der Waals surface area (Å²) in [6.45, 7) is 5.69. The van der Waals surface area contributed by atoms with Gasteiger partial charge in [0, 0.05) is 23.3 Å². The fraction of sp³-hybridized carbons (Fsp3) is 0.333. The third-order valence-electron chi connectivity index (χ3n) is 2.40. The average molecular weight is 271 g/mol. The summed E-state index contributed by atoms with van der Waals surface area (Å²) in [5.74, 6) is 5.91. The number of hydrogen-bond acceptors (Lipinski definition) is 3. The number of H-pyrrole nitrogens is 1. The number of carbonyl (C=O) groups excluding carboxylic acids is 1. The Hall–Kier alpha value is -2.48. The lowest BCUT2D eigenvalue weighted by molar-refractivity contribution is 0.0535. The zero-order chi connectivity index (χ0) is 14.6. The van der Waals surface area contributed by atoms with Crippen molar-refractivity contribution in [3.63, 3.8) is 0 Å². The Bertz CT molecular complexity index is 671. The van der Waals surface area contributed by atoms with Gasteiger partial charge >= 0.3 is 6.09 Å². The molecule has 0 saturated carbocycles. The van der Waals surface area contributed by atoms with Gasteiger partial charge in [-0.1, -0.05) is 11.8 Å². The van der Waals surface area contributed by atoms with E-state index >= 15 is 0 Å². The zero-order valence-electron chi connectivity index (χ0n) is 11.8. The molecular weight excluding hydrogens is 254 g/mol. The fourth-order valence-electron chi connectivity index (χ4n) is 1.64. The summed E-state index contributed by atoms with van der Waals surface area (Å²) in [6, 6.07) is 3.77. The van der Waals surface area contributed by atoms with Crippen LogP contribution in [0.3, 0.4) is 0 Å². The molecule has 5 heteroatoms. The van der Waals surface area contributed by atoms with Crippen molar-refractivity contribution < 1.29 is 9.53 Å². The van der Waals surface area contributed by atoms with Gasteiger partial charge in [0.25, 0.3) is 0 Å². The van der Waals surface area contributed by atoms with Gasteiger partial charge in [0.1, 0.15) is 11.2 Å². The second-order valence-corrected chi connectivity index (χ2v) is 5.26. The third-order valence-corrected chi connectivity index (χ3v) is 2.40. The molecule has 2 aromatic rings. The van der Waals surface area contributed by atoms with E-state index in [1.807, 2.05) is 39.1 Å². The van der Waals surface area contributed by atoms with Gasteiger partial charge < -0.3 is 15.0 Å². The molecular formula is C15H17N3O2. The Morgan fingerprint density at radius 3 is 3.00 bits per heavy atom. The average Bonchev–Trinajstić information content (AvgIpc) is 2.81. The topological polar surface area (TPSA) is 67.0 Å². The third kappa shape index (κ3) is 3.75. The molecule has 2 N–H and O–H groups in total. The van der Waals surface area contributed by atoms with Crippen molar-refractivity contribution in [3.05, 3.63) is 30.1 Å². The Morgan fingerprint density at radius 1 is 1.45 bits per heavy atom. The van der Waals surface area contributed by atoms with E-state index in [9.17, 15) is 4.79 Å². The molecule has 0 aromatic carbocycles. The number of aromatic amines is 1. The molecule has 0 saturated heterocycles. The van der Waals surface area contributed by atoms with E-state index in [1.54, 1.807) is 6.20 Å². The van der Waals surface area contributed by atoms with Gasteiger partial charge in [-0.15, -0.1) is 0 Å². The molecule has 20 heavy (non-hydrogen) atoms. The van der Waals surface area contributed by atoms with Crippen LogP contribution in [0, 0.1) is 11.8 Å². The van der Waals surface area contributed by atoms with Gasteiger partial charge in [-0.05, 0) is 32.9 Å². The molecule has 104 valence electrons. The Balaban J connectivity index is 1.95. The molecule has 0 unspecified atom stereocenters. The van der Waals surface area contributed by atoms with Crippen LogP contribution in [0.5, 0.6) is 0 Å². The predicted molar refractivity (Wildman–Crippen MR) is 77.2 cm³/mol. The minimum Gasteiger partial charge on any atom is -0.444 e. The molecule has 0 aliphatic heterocycles.